The lowest BCUT2D eigenvalue weighted by molar-refractivity contribution is 0.410. The van der Waals surface area contributed by atoms with E-state index in [2.05, 4.69) is 28.7 Å². The smallest absolute Gasteiger partial charge is 0.106 e. The van der Waals surface area contributed by atoms with Gasteiger partial charge in [-0.3, -0.25) is 0 Å². The minimum atomic E-state index is 0.814. The average Bonchev–Trinajstić information content (AvgIpc) is 2.44. The summed E-state index contributed by atoms with van der Waals surface area (Å²) in [7, 11) is 1.98. The van der Waals surface area contributed by atoms with Crippen LogP contribution in [0.2, 0.25) is 0 Å². The predicted molar refractivity (Wildman–Crippen MR) is 57.2 cm³/mol. The molecule has 1 atom stereocenters. The zero-order chi connectivity index (χ0) is 10.1. The van der Waals surface area contributed by atoms with E-state index in [0.717, 1.165) is 19.0 Å². The average molecular weight is 193 g/mol. The third-order valence-corrected chi connectivity index (χ3v) is 3.08. The Labute approximate surface area is 85.5 Å². The van der Waals surface area contributed by atoms with Gasteiger partial charge >= 0.3 is 0 Å². The van der Waals surface area contributed by atoms with E-state index >= 15 is 0 Å². The van der Waals surface area contributed by atoms with Crippen LogP contribution in [0.1, 0.15) is 30.6 Å². The van der Waals surface area contributed by atoms with Gasteiger partial charge in [0.15, 0.2) is 0 Å². The summed E-state index contributed by atoms with van der Waals surface area (Å²) in [6, 6.07) is 0. The van der Waals surface area contributed by atoms with Crippen LogP contribution < -0.4 is 5.32 Å². The summed E-state index contributed by atoms with van der Waals surface area (Å²) in [5, 5.41) is 3.19. The molecule has 0 saturated heterocycles. The molecule has 1 unspecified atom stereocenters. The summed E-state index contributed by atoms with van der Waals surface area (Å²) >= 11 is 0. The van der Waals surface area contributed by atoms with Crippen LogP contribution in [0.15, 0.2) is 0 Å². The van der Waals surface area contributed by atoms with E-state index in [0.29, 0.717) is 0 Å². The van der Waals surface area contributed by atoms with Gasteiger partial charge in [-0.25, -0.2) is 4.98 Å². The molecular weight excluding hydrogens is 174 g/mol. The molecule has 0 amide bonds. The van der Waals surface area contributed by atoms with E-state index in [1.165, 1.54) is 30.1 Å². The predicted octanol–water partition coefficient (Wildman–Crippen LogP) is 1.49. The number of nitrogens with zero attached hydrogens (tertiary/aromatic N) is 2. The highest BCUT2D eigenvalue weighted by Gasteiger charge is 2.20. The second-order valence-corrected chi connectivity index (χ2v) is 4.33. The minimum absolute atomic E-state index is 0.814. The van der Waals surface area contributed by atoms with Crippen molar-refractivity contribution in [2.24, 2.45) is 5.92 Å². The zero-order valence-electron chi connectivity index (χ0n) is 9.30. The molecule has 0 fully saturated rings. The summed E-state index contributed by atoms with van der Waals surface area (Å²) in [5.74, 6) is 1.99. The first-order chi connectivity index (χ1) is 6.72. The van der Waals surface area contributed by atoms with Gasteiger partial charge in [-0.1, -0.05) is 6.92 Å². The Morgan fingerprint density at radius 2 is 2.36 bits per heavy atom. The number of hydrogen-bond donors (Lipinski definition) is 1. The second-order valence-electron chi connectivity index (χ2n) is 4.33. The van der Waals surface area contributed by atoms with Crippen molar-refractivity contribution < 1.29 is 0 Å². The van der Waals surface area contributed by atoms with Crippen LogP contribution in [-0.2, 0) is 19.5 Å². The standard InChI is InChI=1S/C11H19N3/c1-8-4-5-14-9(2)13-10(7-12-3)11(14)6-8/h8,12H,4-7H2,1-3H3. The molecule has 1 aromatic rings. The maximum Gasteiger partial charge on any atom is 0.106 e. The summed E-state index contributed by atoms with van der Waals surface area (Å²) in [4.78, 5) is 4.62. The van der Waals surface area contributed by atoms with Crippen molar-refractivity contribution in [2.45, 2.75) is 39.8 Å². The van der Waals surface area contributed by atoms with Crippen molar-refractivity contribution >= 4 is 0 Å². The van der Waals surface area contributed by atoms with E-state index in [1.807, 2.05) is 7.05 Å². The van der Waals surface area contributed by atoms with Crippen LogP contribution in [0.4, 0.5) is 0 Å². The second kappa shape index (κ2) is 3.73. The molecule has 14 heavy (non-hydrogen) atoms. The van der Waals surface area contributed by atoms with Gasteiger partial charge in [0.2, 0.25) is 0 Å². The molecule has 0 spiro atoms. The first-order valence-corrected chi connectivity index (χ1v) is 5.42. The van der Waals surface area contributed by atoms with Crippen molar-refractivity contribution in [2.75, 3.05) is 7.05 Å². The summed E-state index contributed by atoms with van der Waals surface area (Å²) in [6.07, 6.45) is 2.49. The largest absolute Gasteiger partial charge is 0.332 e. The molecule has 0 aromatic carbocycles. The van der Waals surface area contributed by atoms with E-state index in [-0.39, 0.29) is 0 Å². The van der Waals surface area contributed by atoms with Gasteiger partial charge < -0.3 is 9.88 Å². The van der Waals surface area contributed by atoms with Crippen LogP contribution in [0.25, 0.3) is 0 Å². The Balaban J connectivity index is 2.34. The molecule has 3 nitrogen and oxygen atoms in total. The summed E-state index contributed by atoms with van der Waals surface area (Å²) < 4.78 is 2.38. The normalized spacial score (nSPS) is 20.9. The first-order valence-electron chi connectivity index (χ1n) is 5.42. The molecule has 0 bridgehead atoms. The van der Waals surface area contributed by atoms with E-state index < -0.39 is 0 Å². The topological polar surface area (TPSA) is 29.9 Å². The Morgan fingerprint density at radius 1 is 1.57 bits per heavy atom. The van der Waals surface area contributed by atoms with Crippen LogP contribution in [0.3, 0.4) is 0 Å². The van der Waals surface area contributed by atoms with Gasteiger partial charge in [-0.15, -0.1) is 0 Å². The number of fused-ring (bicyclic) bond motifs is 1. The molecule has 1 aliphatic rings. The molecule has 2 rings (SSSR count). The SMILES string of the molecule is CNCc1nc(C)n2c1CC(C)CC2. The highest BCUT2D eigenvalue weighted by molar-refractivity contribution is 5.19. The third kappa shape index (κ3) is 1.57. The first kappa shape index (κ1) is 9.71. The van der Waals surface area contributed by atoms with Gasteiger partial charge in [0.25, 0.3) is 0 Å². The zero-order valence-corrected chi connectivity index (χ0v) is 9.30. The van der Waals surface area contributed by atoms with Crippen molar-refractivity contribution in [3.8, 4) is 0 Å². The summed E-state index contributed by atoms with van der Waals surface area (Å²) in [5.41, 5.74) is 2.70. The Morgan fingerprint density at radius 3 is 3.07 bits per heavy atom. The molecule has 78 valence electrons. The van der Waals surface area contributed by atoms with Gasteiger partial charge in [0.1, 0.15) is 5.82 Å². The fourth-order valence-corrected chi connectivity index (χ4v) is 2.29. The molecule has 0 saturated carbocycles. The van der Waals surface area contributed by atoms with Crippen LogP contribution in [0, 0.1) is 12.8 Å². The molecule has 1 N–H and O–H groups in total. The molecule has 1 aromatic heterocycles. The van der Waals surface area contributed by atoms with E-state index in [9.17, 15) is 0 Å². The summed E-state index contributed by atoms with van der Waals surface area (Å²) in [6.45, 7) is 6.49. The number of aryl methyl sites for hydroxylation is 1. The molecular formula is C11H19N3. The molecule has 0 radical (unpaired) electrons. The van der Waals surface area contributed by atoms with Gasteiger partial charge in [0.05, 0.1) is 5.69 Å². The van der Waals surface area contributed by atoms with Crippen LogP contribution in [0.5, 0.6) is 0 Å². The highest BCUT2D eigenvalue weighted by atomic mass is 15.1. The van der Waals surface area contributed by atoms with E-state index in [4.69, 9.17) is 0 Å². The quantitative estimate of drug-likeness (QED) is 0.771. The van der Waals surface area contributed by atoms with Crippen molar-refractivity contribution in [3.05, 3.63) is 17.2 Å². The third-order valence-electron chi connectivity index (χ3n) is 3.08. The number of hydrogen-bond acceptors (Lipinski definition) is 2. The van der Waals surface area contributed by atoms with Crippen molar-refractivity contribution in [1.82, 2.24) is 14.9 Å². The Bertz CT molecular complexity index is 328. The lowest BCUT2D eigenvalue weighted by Crippen LogP contribution is -2.19. The van der Waals surface area contributed by atoms with Gasteiger partial charge in [0, 0.05) is 18.8 Å². The lowest BCUT2D eigenvalue weighted by Gasteiger charge is -2.22. The number of rotatable bonds is 2. The molecule has 2 heterocycles. The fourth-order valence-electron chi connectivity index (χ4n) is 2.29. The van der Waals surface area contributed by atoms with E-state index in [1.54, 1.807) is 0 Å². The van der Waals surface area contributed by atoms with Crippen molar-refractivity contribution in [3.63, 3.8) is 0 Å². The molecule has 3 heteroatoms. The highest BCUT2D eigenvalue weighted by Crippen LogP contribution is 2.24. The maximum absolute atomic E-state index is 4.62. The molecule has 1 aliphatic heterocycles. The number of nitrogens with one attached hydrogen (secondary N) is 1. The lowest BCUT2D eigenvalue weighted by atomic mass is 9.97. The fraction of sp³-hybridized carbons (Fsp3) is 0.727. The maximum atomic E-state index is 4.62. The minimum Gasteiger partial charge on any atom is -0.332 e. The van der Waals surface area contributed by atoms with Gasteiger partial charge in [-0.05, 0) is 32.7 Å². The Kier molecular flexibility index (Phi) is 2.59. The van der Waals surface area contributed by atoms with Crippen LogP contribution >= 0.6 is 0 Å². The van der Waals surface area contributed by atoms with Crippen LogP contribution in [-0.4, -0.2) is 16.6 Å². The number of imidazole rings is 1. The Hall–Kier alpha value is -0.830. The van der Waals surface area contributed by atoms with Crippen molar-refractivity contribution in [1.29, 1.82) is 0 Å². The molecule has 0 aliphatic carbocycles. The monoisotopic (exact) mass is 193 g/mol. The number of aromatic nitrogens is 2. The van der Waals surface area contributed by atoms with Gasteiger partial charge in [-0.2, -0.15) is 0 Å².